The Labute approximate surface area is 125 Å². The molecule has 2 heterocycles. The van der Waals surface area contributed by atoms with Crippen LogP contribution in [0, 0.1) is 5.92 Å². The standard InChI is InChI=1S/C11H16BrNO4S2/c1-7(8-2-3-17-6-8)13-19(15,16)10-4-9(5-14)18-11(10)12/h4,7-8,13-14H,2-3,5-6H2,1H3. The molecule has 0 aliphatic carbocycles. The molecule has 2 N–H and O–H groups in total. The molecular formula is C11H16BrNO4S2. The lowest BCUT2D eigenvalue weighted by molar-refractivity contribution is 0.180. The van der Waals surface area contributed by atoms with Crippen molar-refractivity contribution in [1.29, 1.82) is 0 Å². The third kappa shape index (κ3) is 3.56. The van der Waals surface area contributed by atoms with Gasteiger partial charge in [-0.25, -0.2) is 13.1 Å². The van der Waals surface area contributed by atoms with Gasteiger partial charge in [0, 0.05) is 23.4 Å². The summed E-state index contributed by atoms with van der Waals surface area (Å²) in [7, 11) is -3.57. The third-order valence-electron chi connectivity index (χ3n) is 3.16. The van der Waals surface area contributed by atoms with Gasteiger partial charge in [-0.2, -0.15) is 0 Å². The predicted octanol–water partition coefficient (Wildman–Crippen LogP) is 1.71. The molecule has 0 spiro atoms. The number of aliphatic hydroxyl groups is 1. The van der Waals surface area contributed by atoms with E-state index in [9.17, 15) is 8.42 Å². The van der Waals surface area contributed by atoms with Crippen LogP contribution in [-0.2, 0) is 21.4 Å². The molecule has 2 rings (SSSR count). The molecule has 0 bridgehead atoms. The Kier molecular flexibility index (Phi) is 5.02. The summed E-state index contributed by atoms with van der Waals surface area (Å²) in [6.45, 7) is 2.97. The van der Waals surface area contributed by atoms with Crippen molar-refractivity contribution in [3.8, 4) is 0 Å². The molecule has 19 heavy (non-hydrogen) atoms. The summed E-state index contributed by atoms with van der Waals surface area (Å²) >= 11 is 4.45. The molecule has 1 aliphatic heterocycles. The van der Waals surface area contributed by atoms with Gasteiger partial charge in [-0.15, -0.1) is 11.3 Å². The zero-order valence-electron chi connectivity index (χ0n) is 10.4. The second-order valence-electron chi connectivity index (χ2n) is 4.54. The van der Waals surface area contributed by atoms with E-state index in [-0.39, 0.29) is 23.5 Å². The highest BCUT2D eigenvalue weighted by molar-refractivity contribution is 9.11. The number of aliphatic hydroxyl groups excluding tert-OH is 1. The first kappa shape index (κ1) is 15.4. The maximum Gasteiger partial charge on any atom is 0.242 e. The molecule has 2 atom stereocenters. The van der Waals surface area contributed by atoms with Gasteiger partial charge < -0.3 is 9.84 Å². The number of ether oxygens (including phenoxy) is 1. The monoisotopic (exact) mass is 369 g/mol. The van der Waals surface area contributed by atoms with Crippen LogP contribution in [0.4, 0.5) is 0 Å². The van der Waals surface area contributed by atoms with E-state index in [1.165, 1.54) is 17.4 Å². The van der Waals surface area contributed by atoms with Crippen molar-refractivity contribution < 1.29 is 18.3 Å². The molecule has 1 fully saturated rings. The van der Waals surface area contributed by atoms with Crippen LogP contribution in [0.15, 0.2) is 14.7 Å². The average molecular weight is 370 g/mol. The number of thiophene rings is 1. The van der Waals surface area contributed by atoms with Crippen molar-refractivity contribution in [3.05, 3.63) is 14.7 Å². The quantitative estimate of drug-likeness (QED) is 0.828. The SMILES string of the molecule is CC(NS(=O)(=O)c1cc(CO)sc1Br)C1CCOC1. The number of halogens is 1. The first-order chi connectivity index (χ1) is 8.94. The van der Waals surface area contributed by atoms with Crippen LogP contribution in [0.25, 0.3) is 0 Å². The molecule has 108 valence electrons. The van der Waals surface area contributed by atoms with Crippen LogP contribution >= 0.6 is 27.3 Å². The van der Waals surface area contributed by atoms with Crippen LogP contribution < -0.4 is 4.72 Å². The second kappa shape index (κ2) is 6.19. The summed E-state index contributed by atoms with van der Waals surface area (Å²) in [5.74, 6) is 0.212. The average Bonchev–Trinajstić information content (AvgIpc) is 2.96. The number of hydrogen-bond donors (Lipinski definition) is 2. The highest BCUT2D eigenvalue weighted by Crippen LogP contribution is 2.32. The summed E-state index contributed by atoms with van der Waals surface area (Å²) in [6.07, 6.45) is 0.871. The zero-order chi connectivity index (χ0) is 14.0. The molecule has 0 amide bonds. The number of nitrogens with one attached hydrogen (secondary N) is 1. The summed E-state index contributed by atoms with van der Waals surface area (Å²) in [5, 5.41) is 9.05. The van der Waals surface area contributed by atoms with E-state index < -0.39 is 10.0 Å². The number of hydrogen-bond acceptors (Lipinski definition) is 5. The molecule has 8 heteroatoms. The van der Waals surface area contributed by atoms with Crippen LogP contribution in [-0.4, -0.2) is 32.8 Å². The van der Waals surface area contributed by atoms with Crippen LogP contribution in [0.3, 0.4) is 0 Å². The van der Waals surface area contributed by atoms with E-state index >= 15 is 0 Å². The van der Waals surface area contributed by atoms with Gasteiger partial charge in [0.1, 0.15) is 4.90 Å². The van der Waals surface area contributed by atoms with Gasteiger partial charge in [0.25, 0.3) is 0 Å². The fourth-order valence-electron chi connectivity index (χ4n) is 2.01. The summed E-state index contributed by atoms with van der Waals surface area (Å²) in [5.41, 5.74) is 0. The Bertz CT molecular complexity index is 537. The van der Waals surface area contributed by atoms with Crippen molar-refractivity contribution in [2.45, 2.75) is 30.9 Å². The Morgan fingerprint density at radius 2 is 2.42 bits per heavy atom. The Morgan fingerprint density at radius 1 is 1.68 bits per heavy atom. The normalized spacial score (nSPS) is 21.7. The largest absolute Gasteiger partial charge is 0.391 e. The highest BCUT2D eigenvalue weighted by atomic mass is 79.9. The highest BCUT2D eigenvalue weighted by Gasteiger charge is 2.28. The molecule has 2 unspecified atom stereocenters. The van der Waals surface area contributed by atoms with Crippen LogP contribution in [0.5, 0.6) is 0 Å². The molecular weight excluding hydrogens is 354 g/mol. The van der Waals surface area contributed by atoms with E-state index in [0.29, 0.717) is 21.9 Å². The van der Waals surface area contributed by atoms with E-state index in [0.717, 1.165) is 6.42 Å². The van der Waals surface area contributed by atoms with Gasteiger partial charge in [-0.1, -0.05) is 0 Å². The smallest absolute Gasteiger partial charge is 0.242 e. The molecule has 1 aliphatic rings. The maximum absolute atomic E-state index is 12.3. The minimum absolute atomic E-state index is 0.162. The number of sulfonamides is 1. The topological polar surface area (TPSA) is 75.6 Å². The number of rotatable bonds is 5. The van der Waals surface area contributed by atoms with Crippen molar-refractivity contribution in [3.63, 3.8) is 0 Å². The van der Waals surface area contributed by atoms with Gasteiger partial charge in [0.15, 0.2) is 0 Å². The first-order valence-corrected chi connectivity index (χ1v) is 9.02. The van der Waals surface area contributed by atoms with E-state index in [1.54, 1.807) is 0 Å². The summed E-state index contributed by atoms with van der Waals surface area (Å²) in [6, 6.07) is 1.33. The van der Waals surface area contributed by atoms with E-state index in [1.807, 2.05) is 6.92 Å². The molecule has 0 aromatic carbocycles. The second-order valence-corrected chi connectivity index (χ2v) is 8.68. The van der Waals surface area contributed by atoms with Gasteiger partial charge >= 0.3 is 0 Å². The predicted molar refractivity (Wildman–Crippen MR) is 76.7 cm³/mol. The van der Waals surface area contributed by atoms with Gasteiger partial charge in [0.2, 0.25) is 10.0 Å². The van der Waals surface area contributed by atoms with Crippen LogP contribution in [0.1, 0.15) is 18.2 Å². The lowest BCUT2D eigenvalue weighted by Gasteiger charge is -2.18. The molecule has 1 saturated heterocycles. The Hall–Kier alpha value is 0.01000. The third-order valence-corrected chi connectivity index (χ3v) is 6.96. The summed E-state index contributed by atoms with van der Waals surface area (Å²) < 4.78 is 33.0. The molecule has 0 radical (unpaired) electrons. The lowest BCUT2D eigenvalue weighted by atomic mass is 10.0. The molecule has 0 saturated carbocycles. The summed E-state index contributed by atoms with van der Waals surface area (Å²) in [4.78, 5) is 0.802. The minimum Gasteiger partial charge on any atom is -0.391 e. The van der Waals surface area contributed by atoms with Crippen molar-refractivity contribution in [2.75, 3.05) is 13.2 Å². The van der Waals surface area contributed by atoms with Gasteiger partial charge in [-0.05, 0) is 35.3 Å². The Morgan fingerprint density at radius 3 is 2.95 bits per heavy atom. The van der Waals surface area contributed by atoms with Crippen LogP contribution in [0.2, 0.25) is 0 Å². The fraction of sp³-hybridized carbons (Fsp3) is 0.636. The fourth-order valence-corrected chi connectivity index (χ4v) is 5.87. The van der Waals surface area contributed by atoms with E-state index in [4.69, 9.17) is 9.84 Å². The minimum atomic E-state index is -3.57. The molecule has 1 aromatic heterocycles. The van der Waals surface area contributed by atoms with E-state index in [2.05, 4.69) is 20.7 Å². The van der Waals surface area contributed by atoms with Crippen molar-refractivity contribution >= 4 is 37.3 Å². The van der Waals surface area contributed by atoms with Gasteiger partial charge in [0.05, 0.1) is 17.0 Å². The van der Waals surface area contributed by atoms with Crippen molar-refractivity contribution in [1.82, 2.24) is 4.72 Å². The van der Waals surface area contributed by atoms with Gasteiger partial charge in [-0.3, -0.25) is 0 Å². The zero-order valence-corrected chi connectivity index (χ0v) is 13.6. The molecule has 1 aromatic rings. The Balaban J connectivity index is 2.14. The lowest BCUT2D eigenvalue weighted by Crippen LogP contribution is -2.38. The maximum atomic E-state index is 12.3. The molecule has 5 nitrogen and oxygen atoms in total. The first-order valence-electron chi connectivity index (χ1n) is 5.93. The van der Waals surface area contributed by atoms with Crippen molar-refractivity contribution in [2.24, 2.45) is 5.92 Å².